The molecule has 9 aromatic carbocycles. The predicted octanol–water partition coefficient (Wildman–Crippen LogP) is 17.7. The maximum Gasteiger partial charge on any atom is 0.0540 e. The van der Waals surface area contributed by atoms with Crippen LogP contribution in [0.15, 0.2) is 255 Å². The number of fused-ring (bicyclic) bond motifs is 5. The van der Waals surface area contributed by atoms with Crippen molar-refractivity contribution >= 4 is 44.9 Å². The van der Waals surface area contributed by atoms with E-state index < -0.39 is 0 Å². The molecule has 0 fully saturated rings. The molecule has 0 saturated carbocycles. The monoisotopic (exact) mass is 885 g/mol. The zero-order chi connectivity index (χ0) is 46.5. The third-order valence-electron chi connectivity index (χ3n) is 14.1. The van der Waals surface area contributed by atoms with E-state index in [1.807, 2.05) is 0 Å². The third kappa shape index (κ3) is 7.31. The molecule has 2 aliphatic rings. The number of allylic oxidation sites excluding steroid dienone is 4. The molecule has 3 nitrogen and oxygen atoms in total. The first-order chi connectivity index (χ1) is 33.9. The first-order valence-corrected chi connectivity index (χ1v) is 23.9. The molecule has 2 heterocycles. The highest BCUT2D eigenvalue weighted by atomic mass is 15.1. The number of rotatable bonds is 8. The molecule has 3 heteroatoms. The zero-order valence-electron chi connectivity index (χ0n) is 38.9. The van der Waals surface area contributed by atoms with Crippen LogP contribution >= 0.6 is 0 Å². The smallest absolute Gasteiger partial charge is 0.0540 e. The van der Waals surface area contributed by atoms with Gasteiger partial charge in [0.05, 0.1) is 16.9 Å². The summed E-state index contributed by atoms with van der Waals surface area (Å²) in [4.78, 5) is 4.91. The van der Waals surface area contributed by atoms with Crippen LogP contribution in [0.3, 0.4) is 0 Å². The molecule has 330 valence electrons. The first kappa shape index (κ1) is 41.7. The fourth-order valence-corrected chi connectivity index (χ4v) is 10.9. The summed E-state index contributed by atoms with van der Waals surface area (Å²) < 4.78 is 2.38. The molecule has 10 aromatic rings. The molecule has 0 unspecified atom stereocenters. The summed E-state index contributed by atoms with van der Waals surface area (Å²) in [6.07, 6.45) is 8.64. The summed E-state index contributed by atoms with van der Waals surface area (Å²) in [5.74, 6) is 0. The Morgan fingerprint density at radius 3 is 1.97 bits per heavy atom. The van der Waals surface area contributed by atoms with Crippen molar-refractivity contribution in [1.82, 2.24) is 4.57 Å². The van der Waals surface area contributed by atoms with Crippen LogP contribution in [-0.4, -0.2) is 11.1 Å². The Bertz CT molecular complexity index is 3630. The molecular weight excluding hydrogens is 835 g/mol. The zero-order valence-corrected chi connectivity index (χ0v) is 38.9. The van der Waals surface area contributed by atoms with Crippen molar-refractivity contribution in [1.29, 1.82) is 0 Å². The van der Waals surface area contributed by atoms with E-state index in [2.05, 4.69) is 284 Å². The van der Waals surface area contributed by atoms with E-state index in [9.17, 15) is 0 Å². The maximum atomic E-state index is 4.59. The van der Waals surface area contributed by atoms with Crippen LogP contribution in [-0.2, 0) is 5.41 Å². The highest BCUT2D eigenvalue weighted by Crippen LogP contribution is 2.54. The summed E-state index contributed by atoms with van der Waals surface area (Å²) >= 11 is 0. The van der Waals surface area contributed by atoms with Gasteiger partial charge >= 0.3 is 0 Å². The molecule has 0 bridgehead atoms. The first-order valence-electron chi connectivity index (χ1n) is 23.9. The van der Waals surface area contributed by atoms with Gasteiger partial charge in [-0.05, 0) is 123 Å². The highest BCUT2D eigenvalue weighted by molar-refractivity contribution is 5.97. The Labute approximate surface area is 405 Å². The van der Waals surface area contributed by atoms with Crippen molar-refractivity contribution in [2.24, 2.45) is 0 Å². The second kappa shape index (κ2) is 17.2. The molecule has 1 aromatic heterocycles. The van der Waals surface area contributed by atoms with Gasteiger partial charge in [0.15, 0.2) is 0 Å². The van der Waals surface area contributed by atoms with E-state index in [-0.39, 0.29) is 5.41 Å². The van der Waals surface area contributed by atoms with E-state index in [0.717, 1.165) is 79.6 Å². The molecular formula is C66H51N3. The Morgan fingerprint density at radius 2 is 1.14 bits per heavy atom. The minimum absolute atomic E-state index is 0.169. The molecule has 0 saturated heterocycles. The largest absolute Gasteiger partial charge is 0.337 e. The van der Waals surface area contributed by atoms with Crippen molar-refractivity contribution in [2.45, 2.75) is 19.3 Å². The third-order valence-corrected chi connectivity index (χ3v) is 14.1. The Morgan fingerprint density at radius 1 is 0.478 bits per heavy atom. The lowest BCUT2D eigenvalue weighted by atomic mass is 9.81. The van der Waals surface area contributed by atoms with Crippen LogP contribution in [0.2, 0.25) is 0 Å². The van der Waals surface area contributed by atoms with Crippen LogP contribution < -0.4 is 9.80 Å². The molecule has 1 aliphatic heterocycles. The van der Waals surface area contributed by atoms with Crippen LogP contribution in [0.25, 0.3) is 66.8 Å². The number of hydrogen-bond acceptors (Lipinski definition) is 2. The summed E-state index contributed by atoms with van der Waals surface area (Å²) in [7, 11) is 0. The second-order valence-electron chi connectivity index (χ2n) is 18.6. The number of para-hydroxylation sites is 3. The Kier molecular flexibility index (Phi) is 10.4. The summed E-state index contributed by atoms with van der Waals surface area (Å²) in [5.41, 5.74) is 22.1. The van der Waals surface area contributed by atoms with Crippen molar-refractivity contribution in [3.05, 3.63) is 272 Å². The number of anilines is 5. The standard InChI is InChI=1S/C66H51N3/c1-46-22-8-7-19-41-67(62-36-21-33-58-57-32-15-17-34-59(57)66(2,3)65(58)62)64-44-49(37-39-55(46)64)48-25-20-26-50(42-48)56-31-16-18-35-61(56)68(52-27-11-5-12-28-52)54-38-40-60-51(43-54)45-63(47-23-9-4-10-24-47)69(60)53-29-13-6-14-30-53/h4-40,42-45H,1,41H2,2-3H3/b19-7-,22-8-. The van der Waals surface area contributed by atoms with Gasteiger partial charge < -0.3 is 14.4 Å². The molecule has 0 N–H and O–H groups in total. The van der Waals surface area contributed by atoms with Crippen LogP contribution in [0.1, 0.15) is 30.5 Å². The van der Waals surface area contributed by atoms with Gasteiger partial charge in [-0.15, -0.1) is 0 Å². The lowest BCUT2D eigenvalue weighted by Gasteiger charge is -2.33. The van der Waals surface area contributed by atoms with E-state index in [1.165, 1.54) is 38.9 Å². The molecule has 0 spiro atoms. The number of hydrogen-bond donors (Lipinski definition) is 0. The van der Waals surface area contributed by atoms with Gasteiger partial charge in [0.25, 0.3) is 0 Å². The second-order valence-corrected chi connectivity index (χ2v) is 18.6. The molecule has 0 atom stereocenters. The minimum atomic E-state index is -0.169. The van der Waals surface area contributed by atoms with Gasteiger partial charge in [-0.3, -0.25) is 0 Å². The van der Waals surface area contributed by atoms with Gasteiger partial charge in [0.2, 0.25) is 0 Å². The predicted molar refractivity (Wildman–Crippen MR) is 293 cm³/mol. The van der Waals surface area contributed by atoms with Crippen molar-refractivity contribution in [3.8, 4) is 50.3 Å². The Hall–Kier alpha value is -8.66. The number of nitrogens with zero attached hydrogens (tertiary/aromatic N) is 3. The maximum absolute atomic E-state index is 4.59. The van der Waals surface area contributed by atoms with Crippen molar-refractivity contribution < 1.29 is 0 Å². The molecule has 0 amide bonds. The van der Waals surface area contributed by atoms with Crippen molar-refractivity contribution in [3.63, 3.8) is 0 Å². The van der Waals surface area contributed by atoms with Gasteiger partial charge in [-0.1, -0.05) is 196 Å². The normalized spacial score (nSPS) is 14.5. The van der Waals surface area contributed by atoms with Crippen LogP contribution in [0.5, 0.6) is 0 Å². The summed E-state index contributed by atoms with van der Waals surface area (Å²) in [6, 6.07) is 81.8. The average molecular weight is 886 g/mol. The van der Waals surface area contributed by atoms with Gasteiger partial charge in [-0.2, -0.15) is 0 Å². The molecule has 1 aliphatic carbocycles. The number of aromatic nitrogens is 1. The van der Waals surface area contributed by atoms with Crippen molar-refractivity contribution in [2.75, 3.05) is 16.3 Å². The Balaban J connectivity index is 0.974. The summed E-state index contributed by atoms with van der Waals surface area (Å²) in [5, 5.41) is 1.17. The lowest BCUT2D eigenvalue weighted by Crippen LogP contribution is -2.24. The van der Waals surface area contributed by atoms with Gasteiger partial charge in [0, 0.05) is 56.9 Å². The fraction of sp³-hybridized carbons (Fsp3) is 0.0606. The molecule has 12 rings (SSSR count). The van der Waals surface area contributed by atoms with E-state index >= 15 is 0 Å². The number of benzene rings is 9. The van der Waals surface area contributed by atoms with Gasteiger partial charge in [0.1, 0.15) is 0 Å². The van der Waals surface area contributed by atoms with Gasteiger partial charge in [-0.25, -0.2) is 0 Å². The van der Waals surface area contributed by atoms with E-state index in [0.29, 0.717) is 0 Å². The van der Waals surface area contributed by atoms with Crippen LogP contribution in [0, 0.1) is 0 Å². The quantitative estimate of drug-likeness (QED) is 0.151. The fourth-order valence-electron chi connectivity index (χ4n) is 10.9. The van der Waals surface area contributed by atoms with Crippen LogP contribution in [0.4, 0.5) is 28.4 Å². The SMILES string of the molecule is C=C1/C=C\C=C/CN(c2cccc3c2C(C)(C)c2ccccc2-3)c2cc(-c3cccc(-c4ccccc4N(c4ccccc4)c4ccc5c(c4)cc(-c4ccccc4)n5-c4ccccc4)c3)ccc21. The molecule has 69 heavy (non-hydrogen) atoms. The minimum Gasteiger partial charge on any atom is -0.337 e. The lowest BCUT2D eigenvalue weighted by molar-refractivity contribution is 0.659. The summed E-state index contributed by atoms with van der Waals surface area (Å²) in [6.45, 7) is 10.0. The van der Waals surface area contributed by atoms with E-state index in [4.69, 9.17) is 0 Å². The highest BCUT2D eigenvalue weighted by Gasteiger charge is 2.38. The topological polar surface area (TPSA) is 11.4 Å². The average Bonchev–Trinajstić information content (AvgIpc) is 3.92. The molecule has 0 radical (unpaired) electrons. The van der Waals surface area contributed by atoms with E-state index in [1.54, 1.807) is 0 Å².